The Balaban J connectivity index is 3.16. The van der Waals surface area contributed by atoms with Crippen molar-refractivity contribution in [1.82, 2.24) is 5.32 Å². The van der Waals surface area contributed by atoms with Crippen molar-refractivity contribution < 1.29 is 32.5 Å². The van der Waals surface area contributed by atoms with E-state index in [1.807, 2.05) is 0 Å². The Morgan fingerprint density at radius 2 is 1.96 bits per heavy atom. The van der Waals surface area contributed by atoms with Crippen LogP contribution in [-0.4, -0.2) is 36.1 Å². The number of ether oxygens (including phenoxy) is 2. The number of amides is 1. The first-order chi connectivity index (χ1) is 12.5. The molecule has 0 aliphatic carbocycles. The summed E-state index contributed by atoms with van der Waals surface area (Å²) in [5.41, 5.74) is -2.00. The molecule has 0 saturated heterocycles. The molecule has 150 valence electrons. The van der Waals surface area contributed by atoms with Crippen LogP contribution in [0.15, 0.2) is 18.2 Å². The van der Waals surface area contributed by atoms with E-state index in [1.165, 1.54) is 12.1 Å². The summed E-state index contributed by atoms with van der Waals surface area (Å²) < 4.78 is 50.2. The van der Waals surface area contributed by atoms with Gasteiger partial charge in [-0.1, -0.05) is 24.8 Å². The monoisotopic (exact) mass is 387 g/mol. The lowest BCUT2D eigenvalue weighted by Crippen LogP contribution is -2.38. The molecule has 1 aromatic rings. The molecule has 2 N–H and O–H groups in total. The van der Waals surface area contributed by atoms with Crippen LogP contribution in [0.3, 0.4) is 0 Å². The van der Waals surface area contributed by atoms with Crippen LogP contribution < -0.4 is 10.1 Å². The molecule has 0 radical (unpaired) electrons. The third-order valence-electron chi connectivity index (χ3n) is 3.15. The number of rotatable bonds is 5. The molecule has 0 aliphatic heterocycles. The molecule has 0 bridgehead atoms. The number of carbonyl (C=O) groups is 1. The number of benzene rings is 1. The maximum absolute atomic E-state index is 13.3. The predicted molar refractivity (Wildman–Crippen MR) is 94.4 cm³/mol. The largest absolute Gasteiger partial charge is 0.490 e. The molecule has 27 heavy (non-hydrogen) atoms. The fourth-order valence-electron chi connectivity index (χ4n) is 2.02. The number of carbonyl (C=O) groups excluding carboxylic acids is 1. The quantitative estimate of drug-likeness (QED) is 0.756. The zero-order chi connectivity index (χ0) is 20.7. The van der Waals surface area contributed by atoms with Gasteiger partial charge in [-0.15, -0.1) is 0 Å². The maximum atomic E-state index is 13.3. The molecule has 1 rings (SSSR count). The molecule has 0 fully saturated rings. The van der Waals surface area contributed by atoms with E-state index in [-0.39, 0.29) is 24.5 Å². The topological polar surface area (TPSA) is 67.8 Å². The Bertz CT molecular complexity index is 700. The minimum Gasteiger partial charge on any atom is -0.490 e. The summed E-state index contributed by atoms with van der Waals surface area (Å²) >= 11 is 0. The van der Waals surface area contributed by atoms with E-state index in [4.69, 9.17) is 14.6 Å². The molecule has 1 amide bonds. The molecule has 1 aromatic carbocycles. The molecule has 0 heterocycles. The van der Waals surface area contributed by atoms with Crippen LogP contribution in [0.2, 0.25) is 0 Å². The second-order valence-corrected chi connectivity index (χ2v) is 6.62. The minimum absolute atomic E-state index is 0.0847. The SMILES string of the molecule is CCC(C#Cc1c(OCCO)cccc1C(F)(F)F)NC(=O)OC(C)(C)C. The van der Waals surface area contributed by atoms with Crippen molar-refractivity contribution in [3.8, 4) is 17.6 Å². The number of hydrogen-bond acceptors (Lipinski definition) is 4. The average molecular weight is 387 g/mol. The molecule has 1 unspecified atom stereocenters. The molecule has 5 nitrogen and oxygen atoms in total. The van der Waals surface area contributed by atoms with Gasteiger partial charge in [0.25, 0.3) is 0 Å². The number of hydrogen-bond donors (Lipinski definition) is 2. The van der Waals surface area contributed by atoms with Crippen molar-refractivity contribution in [3.63, 3.8) is 0 Å². The number of aliphatic hydroxyl groups is 1. The summed E-state index contributed by atoms with van der Waals surface area (Å²) in [6.45, 7) is 6.32. The van der Waals surface area contributed by atoms with Gasteiger partial charge in [-0.2, -0.15) is 13.2 Å². The van der Waals surface area contributed by atoms with Crippen molar-refractivity contribution in [2.24, 2.45) is 0 Å². The summed E-state index contributed by atoms with van der Waals surface area (Å²) in [7, 11) is 0. The van der Waals surface area contributed by atoms with Crippen molar-refractivity contribution in [2.75, 3.05) is 13.2 Å². The van der Waals surface area contributed by atoms with Gasteiger partial charge in [0.15, 0.2) is 0 Å². The van der Waals surface area contributed by atoms with Gasteiger partial charge in [0.2, 0.25) is 0 Å². The third-order valence-corrected chi connectivity index (χ3v) is 3.15. The van der Waals surface area contributed by atoms with Gasteiger partial charge in [0, 0.05) is 0 Å². The van der Waals surface area contributed by atoms with Gasteiger partial charge in [0.1, 0.15) is 18.0 Å². The van der Waals surface area contributed by atoms with Crippen molar-refractivity contribution >= 4 is 6.09 Å². The number of nitrogens with one attached hydrogen (secondary N) is 1. The van der Waals surface area contributed by atoms with E-state index in [9.17, 15) is 18.0 Å². The first-order valence-electron chi connectivity index (χ1n) is 8.43. The molecule has 1 atom stereocenters. The second kappa shape index (κ2) is 9.51. The smallest absolute Gasteiger partial charge is 0.417 e. The first-order valence-corrected chi connectivity index (χ1v) is 8.43. The van der Waals surface area contributed by atoms with Crippen LogP contribution in [0.25, 0.3) is 0 Å². The van der Waals surface area contributed by atoms with Crippen molar-refractivity contribution in [3.05, 3.63) is 29.3 Å². The van der Waals surface area contributed by atoms with Crippen LogP contribution in [-0.2, 0) is 10.9 Å². The van der Waals surface area contributed by atoms with Crippen LogP contribution in [0.1, 0.15) is 45.2 Å². The minimum atomic E-state index is -4.62. The lowest BCUT2D eigenvalue weighted by Gasteiger charge is -2.21. The Morgan fingerprint density at radius 1 is 1.30 bits per heavy atom. The van der Waals surface area contributed by atoms with E-state index < -0.39 is 29.5 Å². The maximum Gasteiger partial charge on any atom is 0.417 e. The number of alkyl halides is 3. The Morgan fingerprint density at radius 3 is 2.48 bits per heavy atom. The molecule has 0 aliphatic rings. The van der Waals surface area contributed by atoms with Gasteiger partial charge < -0.3 is 19.9 Å². The summed E-state index contributed by atoms with van der Waals surface area (Å²) in [6.07, 6.45) is -4.96. The van der Waals surface area contributed by atoms with Crippen molar-refractivity contribution in [2.45, 2.75) is 51.9 Å². The fraction of sp³-hybridized carbons (Fsp3) is 0.526. The molecule has 0 spiro atoms. The summed E-state index contributed by atoms with van der Waals surface area (Å²) in [6, 6.07) is 2.75. The highest BCUT2D eigenvalue weighted by atomic mass is 19.4. The van der Waals surface area contributed by atoms with Gasteiger partial charge in [-0.25, -0.2) is 4.79 Å². The van der Waals surface area contributed by atoms with Crippen LogP contribution >= 0.6 is 0 Å². The lowest BCUT2D eigenvalue weighted by molar-refractivity contribution is -0.137. The predicted octanol–water partition coefficient (Wildman–Crippen LogP) is 3.73. The van der Waals surface area contributed by atoms with Gasteiger partial charge in [-0.3, -0.25) is 0 Å². The fourth-order valence-corrected chi connectivity index (χ4v) is 2.02. The van der Waals surface area contributed by atoms with Gasteiger partial charge in [-0.05, 0) is 39.3 Å². The summed E-state index contributed by atoms with van der Waals surface area (Å²) in [5, 5.41) is 11.4. The molecule has 0 aromatic heterocycles. The molecule has 8 heteroatoms. The van der Waals surface area contributed by atoms with E-state index in [2.05, 4.69) is 17.2 Å². The van der Waals surface area contributed by atoms with Gasteiger partial charge >= 0.3 is 12.3 Å². The number of halogens is 3. The zero-order valence-electron chi connectivity index (χ0n) is 15.7. The third kappa shape index (κ3) is 7.79. The van der Waals surface area contributed by atoms with E-state index in [1.54, 1.807) is 27.7 Å². The van der Waals surface area contributed by atoms with E-state index >= 15 is 0 Å². The summed E-state index contributed by atoms with van der Waals surface area (Å²) in [4.78, 5) is 11.8. The van der Waals surface area contributed by atoms with E-state index in [0.29, 0.717) is 6.42 Å². The zero-order valence-corrected chi connectivity index (χ0v) is 15.7. The van der Waals surface area contributed by atoms with Crippen LogP contribution in [0.5, 0.6) is 5.75 Å². The number of aliphatic hydroxyl groups excluding tert-OH is 1. The molecule has 0 saturated carbocycles. The normalized spacial score (nSPS) is 12.6. The van der Waals surface area contributed by atoms with Gasteiger partial charge in [0.05, 0.1) is 23.8 Å². The highest BCUT2D eigenvalue weighted by Crippen LogP contribution is 2.35. The van der Waals surface area contributed by atoms with Crippen LogP contribution in [0, 0.1) is 11.8 Å². The highest BCUT2D eigenvalue weighted by molar-refractivity contribution is 5.68. The Hall–Kier alpha value is -2.40. The Kier molecular flexibility index (Phi) is 7.98. The van der Waals surface area contributed by atoms with E-state index in [0.717, 1.165) is 6.07 Å². The summed E-state index contributed by atoms with van der Waals surface area (Å²) in [5.74, 6) is 5.01. The standard InChI is InChI=1S/C19H24F3NO4/c1-5-13(23-17(25)27-18(2,3)4)9-10-14-15(19(20,21)22)7-6-8-16(14)26-12-11-24/h6-8,13,24H,5,11-12H2,1-4H3,(H,23,25). The number of alkyl carbamates (subject to hydrolysis) is 1. The molecular formula is C19H24F3NO4. The highest BCUT2D eigenvalue weighted by Gasteiger charge is 2.34. The second-order valence-electron chi connectivity index (χ2n) is 6.62. The van der Waals surface area contributed by atoms with Crippen LogP contribution in [0.4, 0.5) is 18.0 Å². The Labute approximate surface area is 156 Å². The average Bonchev–Trinajstić information content (AvgIpc) is 2.54. The first kappa shape index (κ1) is 22.6. The van der Waals surface area contributed by atoms with Crippen molar-refractivity contribution in [1.29, 1.82) is 0 Å². The lowest BCUT2D eigenvalue weighted by atomic mass is 10.1. The molecular weight excluding hydrogens is 363 g/mol.